The third-order valence-corrected chi connectivity index (χ3v) is 4.82. The minimum Gasteiger partial charge on any atom is -0.444 e. The van der Waals surface area contributed by atoms with Crippen LogP contribution in [-0.4, -0.2) is 47.5 Å². The highest BCUT2D eigenvalue weighted by molar-refractivity contribution is 5.98. The third-order valence-electron chi connectivity index (χ3n) is 4.82. The van der Waals surface area contributed by atoms with Gasteiger partial charge in [-0.15, -0.1) is 0 Å². The predicted molar refractivity (Wildman–Crippen MR) is 117 cm³/mol. The zero-order chi connectivity index (χ0) is 22.5. The van der Waals surface area contributed by atoms with Crippen LogP contribution in [0.25, 0.3) is 0 Å². The summed E-state index contributed by atoms with van der Waals surface area (Å²) in [4.78, 5) is 39.3. The van der Waals surface area contributed by atoms with Crippen molar-refractivity contribution in [3.8, 4) is 0 Å². The zero-order valence-corrected chi connectivity index (χ0v) is 19.0. The van der Waals surface area contributed by atoms with Crippen LogP contribution < -0.4 is 10.6 Å². The Labute approximate surface area is 179 Å². The second-order valence-corrected chi connectivity index (χ2v) is 9.82. The molecular formula is C23H35N3O4. The van der Waals surface area contributed by atoms with E-state index in [2.05, 4.69) is 10.6 Å². The number of carbonyl (C=O) groups is 3. The van der Waals surface area contributed by atoms with Crippen LogP contribution in [0.5, 0.6) is 0 Å². The molecule has 30 heavy (non-hydrogen) atoms. The van der Waals surface area contributed by atoms with Gasteiger partial charge in [0.15, 0.2) is 0 Å². The number of benzene rings is 1. The second kappa shape index (κ2) is 9.49. The van der Waals surface area contributed by atoms with Gasteiger partial charge in [0, 0.05) is 35.8 Å². The van der Waals surface area contributed by atoms with Crippen LogP contribution in [0, 0.1) is 5.41 Å². The van der Waals surface area contributed by atoms with Gasteiger partial charge in [-0.3, -0.25) is 9.59 Å². The summed E-state index contributed by atoms with van der Waals surface area (Å²) < 4.78 is 5.30. The number of likely N-dealkylation sites (tertiary alicyclic amines) is 1. The van der Waals surface area contributed by atoms with Crippen molar-refractivity contribution in [1.82, 2.24) is 10.2 Å². The number of nitrogens with one attached hydrogen (secondary N) is 2. The van der Waals surface area contributed by atoms with Crippen molar-refractivity contribution in [2.75, 3.05) is 18.4 Å². The van der Waals surface area contributed by atoms with E-state index in [4.69, 9.17) is 4.74 Å². The number of ether oxygens (including phenoxy) is 1. The van der Waals surface area contributed by atoms with Gasteiger partial charge in [-0.25, -0.2) is 4.79 Å². The number of anilines is 1. The number of alkyl carbamates (subject to hydrolysis) is 1. The SMILES string of the molecule is CC(C)(C)OC(=O)NCC1CCCCN1C(=O)c1cccc(NC(=O)C(C)(C)C)c1. The van der Waals surface area contributed by atoms with Crippen molar-refractivity contribution in [3.63, 3.8) is 0 Å². The number of amides is 3. The predicted octanol–water partition coefficient (Wildman–Crippen LogP) is 4.19. The van der Waals surface area contributed by atoms with Crippen molar-refractivity contribution in [1.29, 1.82) is 0 Å². The molecule has 1 atom stereocenters. The van der Waals surface area contributed by atoms with Crippen LogP contribution in [0.3, 0.4) is 0 Å². The van der Waals surface area contributed by atoms with Gasteiger partial charge in [-0.05, 0) is 58.2 Å². The summed E-state index contributed by atoms with van der Waals surface area (Å²) in [5, 5.41) is 5.66. The molecule has 0 saturated carbocycles. The lowest BCUT2D eigenvalue weighted by Crippen LogP contribution is -2.50. The van der Waals surface area contributed by atoms with Crippen LogP contribution in [-0.2, 0) is 9.53 Å². The molecule has 1 aliphatic heterocycles. The van der Waals surface area contributed by atoms with Crippen LogP contribution >= 0.6 is 0 Å². The molecule has 0 aromatic heterocycles. The first-order valence-corrected chi connectivity index (χ1v) is 10.6. The standard InChI is InChI=1S/C23H35N3O4/c1-22(2,3)20(28)25-17-11-9-10-16(14-17)19(27)26-13-8-7-12-18(26)15-24-21(29)30-23(4,5)6/h9-11,14,18H,7-8,12-13,15H2,1-6H3,(H,24,29)(H,25,28). The normalized spacial score (nSPS) is 17.3. The lowest BCUT2D eigenvalue weighted by Gasteiger charge is -2.36. The maximum absolute atomic E-state index is 13.2. The number of piperidine rings is 1. The average Bonchev–Trinajstić information content (AvgIpc) is 2.64. The molecule has 0 spiro atoms. The molecule has 7 heteroatoms. The molecule has 1 aromatic carbocycles. The molecule has 1 fully saturated rings. The lowest BCUT2D eigenvalue weighted by molar-refractivity contribution is -0.123. The Balaban J connectivity index is 2.07. The monoisotopic (exact) mass is 417 g/mol. The van der Waals surface area contributed by atoms with Crippen LogP contribution in [0.2, 0.25) is 0 Å². The fourth-order valence-electron chi connectivity index (χ4n) is 3.21. The Hall–Kier alpha value is -2.57. The van der Waals surface area contributed by atoms with Gasteiger partial charge in [0.1, 0.15) is 5.60 Å². The molecule has 0 aliphatic carbocycles. The first kappa shape index (κ1) is 23.7. The third kappa shape index (κ3) is 7.04. The highest BCUT2D eigenvalue weighted by Crippen LogP contribution is 2.22. The first-order chi connectivity index (χ1) is 13.9. The van der Waals surface area contributed by atoms with E-state index in [1.165, 1.54) is 0 Å². The summed E-state index contributed by atoms with van der Waals surface area (Å²) in [6.07, 6.45) is 2.27. The number of hydrogen-bond acceptors (Lipinski definition) is 4. The van der Waals surface area contributed by atoms with Gasteiger partial charge in [0.2, 0.25) is 5.91 Å². The number of nitrogens with zero attached hydrogens (tertiary/aromatic N) is 1. The van der Waals surface area contributed by atoms with E-state index in [0.717, 1.165) is 19.3 Å². The van der Waals surface area contributed by atoms with Crippen LogP contribution in [0.4, 0.5) is 10.5 Å². The molecule has 3 amide bonds. The molecule has 1 heterocycles. The molecular weight excluding hydrogens is 382 g/mol. The minimum atomic E-state index is -0.565. The van der Waals surface area contributed by atoms with E-state index in [0.29, 0.717) is 24.3 Å². The molecule has 1 aromatic rings. The topological polar surface area (TPSA) is 87.7 Å². The minimum absolute atomic E-state index is 0.0911. The number of hydrogen-bond donors (Lipinski definition) is 2. The van der Waals surface area contributed by atoms with Crippen LogP contribution in [0.1, 0.15) is 71.2 Å². The Morgan fingerprint density at radius 2 is 1.80 bits per heavy atom. The van der Waals surface area contributed by atoms with Gasteiger partial charge < -0.3 is 20.3 Å². The van der Waals surface area contributed by atoms with Crippen molar-refractivity contribution in [3.05, 3.63) is 29.8 Å². The molecule has 1 saturated heterocycles. The fourth-order valence-corrected chi connectivity index (χ4v) is 3.21. The first-order valence-electron chi connectivity index (χ1n) is 10.6. The van der Waals surface area contributed by atoms with Crippen molar-refractivity contribution in [2.24, 2.45) is 5.41 Å². The van der Waals surface area contributed by atoms with Gasteiger partial charge >= 0.3 is 6.09 Å². The van der Waals surface area contributed by atoms with E-state index in [-0.39, 0.29) is 17.9 Å². The second-order valence-electron chi connectivity index (χ2n) is 9.82. The molecule has 7 nitrogen and oxygen atoms in total. The number of rotatable bonds is 4. The lowest BCUT2D eigenvalue weighted by atomic mass is 9.95. The van der Waals surface area contributed by atoms with Crippen molar-refractivity contribution >= 4 is 23.6 Å². The molecule has 1 unspecified atom stereocenters. The largest absolute Gasteiger partial charge is 0.444 e. The van der Waals surface area contributed by atoms with Gasteiger partial charge in [-0.2, -0.15) is 0 Å². The average molecular weight is 418 g/mol. The Kier molecular flexibility index (Phi) is 7.50. The van der Waals surface area contributed by atoms with Crippen molar-refractivity contribution < 1.29 is 19.1 Å². The summed E-state index contributed by atoms with van der Waals surface area (Å²) >= 11 is 0. The van der Waals surface area contributed by atoms with Gasteiger partial charge in [0.25, 0.3) is 5.91 Å². The van der Waals surface area contributed by atoms with E-state index in [9.17, 15) is 14.4 Å². The number of carbonyl (C=O) groups excluding carboxylic acids is 3. The quantitative estimate of drug-likeness (QED) is 0.769. The maximum atomic E-state index is 13.2. The van der Waals surface area contributed by atoms with Gasteiger partial charge in [-0.1, -0.05) is 26.8 Å². The molecule has 2 N–H and O–H groups in total. The smallest absolute Gasteiger partial charge is 0.407 e. The summed E-state index contributed by atoms with van der Waals surface area (Å²) in [7, 11) is 0. The summed E-state index contributed by atoms with van der Waals surface area (Å²) in [5.41, 5.74) is 0.0298. The van der Waals surface area contributed by atoms with E-state index in [1.807, 2.05) is 46.4 Å². The maximum Gasteiger partial charge on any atom is 0.407 e. The summed E-state index contributed by atoms with van der Waals surface area (Å²) in [6.45, 7) is 11.9. The molecule has 166 valence electrons. The van der Waals surface area contributed by atoms with E-state index in [1.54, 1.807) is 24.3 Å². The highest BCUT2D eigenvalue weighted by Gasteiger charge is 2.29. The van der Waals surface area contributed by atoms with E-state index >= 15 is 0 Å². The Bertz CT molecular complexity index is 777. The Morgan fingerprint density at radius 3 is 2.43 bits per heavy atom. The fraction of sp³-hybridized carbons (Fsp3) is 0.609. The molecule has 0 radical (unpaired) electrons. The Morgan fingerprint density at radius 1 is 1.10 bits per heavy atom. The summed E-state index contributed by atoms with van der Waals surface area (Å²) in [5.74, 6) is -0.206. The van der Waals surface area contributed by atoms with Crippen LogP contribution in [0.15, 0.2) is 24.3 Å². The summed E-state index contributed by atoms with van der Waals surface area (Å²) in [6, 6.07) is 6.91. The zero-order valence-electron chi connectivity index (χ0n) is 19.0. The highest BCUT2D eigenvalue weighted by atomic mass is 16.6. The van der Waals surface area contributed by atoms with E-state index < -0.39 is 17.1 Å². The van der Waals surface area contributed by atoms with Gasteiger partial charge in [0.05, 0.1) is 0 Å². The molecule has 2 rings (SSSR count). The molecule has 1 aliphatic rings. The van der Waals surface area contributed by atoms with Crippen molar-refractivity contribution in [2.45, 2.75) is 72.4 Å². The molecule has 0 bridgehead atoms.